The third kappa shape index (κ3) is 4.69. The van der Waals surface area contributed by atoms with Crippen LogP contribution < -0.4 is 21.2 Å². The molecule has 0 saturated heterocycles. The summed E-state index contributed by atoms with van der Waals surface area (Å²) in [6.07, 6.45) is -4.42. The standard InChI is InChI=1S/C27H21F3NOP/c1-33(22-10-4-2-5-11-22,23-12-6-3-7-13-23)25-15-9-8-14-24(25)26(32)31-21-18-16-20(17-19-21)27(28,29)30/h2-19H,1H3/p+1. The first kappa shape index (κ1) is 22.8. The molecule has 0 fully saturated rings. The molecule has 0 atom stereocenters. The molecule has 33 heavy (non-hydrogen) atoms. The van der Waals surface area contributed by atoms with Crippen molar-refractivity contribution in [3.05, 3.63) is 120 Å². The number of amides is 1. The molecule has 0 aliphatic carbocycles. The summed E-state index contributed by atoms with van der Waals surface area (Å²) in [5.74, 6) is -0.358. The molecule has 2 nitrogen and oxygen atoms in total. The lowest BCUT2D eigenvalue weighted by atomic mass is 10.1. The van der Waals surface area contributed by atoms with Gasteiger partial charge in [-0.3, -0.25) is 4.79 Å². The highest BCUT2D eigenvalue weighted by molar-refractivity contribution is 7.95. The number of benzene rings is 4. The molecule has 0 aliphatic rings. The van der Waals surface area contributed by atoms with Crippen molar-refractivity contribution in [3.8, 4) is 0 Å². The number of hydrogen-bond donors (Lipinski definition) is 1. The lowest BCUT2D eigenvalue weighted by molar-refractivity contribution is -0.137. The fraction of sp³-hybridized carbons (Fsp3) is 0.0741. The zero-order valence-corrected chi connectivity index (χ0v) is 18.8. The number of hydrogen-bond acceptors (Lipinski definition) is 1. The van der Waals surface area contributed by atoms with E-state index in [-0.39, 0.29) is 5.91 Å². The van der Waals surface area contributed by atoms with Crippen LogP contribution in [0.15, 0.2) is 109 Å². The van der Waals surface area contributed by atoms with Crippen molar-refractivity contribution in [1.29, 1.82) is 0 Å². The van der Waals surface area contributed by atoms with Crippen LogP contribution in [0.2, 0.25) is 0 Å². The van der Waals surface area contributed by atoms with E-state index < -0.39 is 19.0 Å². The SMILES string of the molecule is C[P+](c1ccccc1)(c1ccccc1)c1ccccc1C(=O)Nc1ccc(C(F)(F)F)cc1. The van der Waals surface area contributed by atoms with Crippen LogP contribution in [0.25, 0.3) is 0 Å². The molecule has 4 aromatic rings. The van der Waals surface area contributed by atoms with Crippen molar-refractivity contribution in [2.24, 2.45) is 0 Å². The van der Waals surface area contributed by atoms with Gasteiger partial charge in [-0.25, -0.2) is 0 Å². The predicted octanol–water partition coefficient (Wildman–Crippen LogP) is 5.88. The van der Waals surface area contributed by atoms with Gasteiger partial charge in [-0.15, -0.1) is 0 Å². The van der Waals surface area contributed by atoms with Gasteiger partial charge in [0.05, 0.1) is 17.8 Å². The molecule has 4 aromatic carbocycles. The van der Waals surface area contributed by atoms with Crippen LogP contribution in [-0.4, -0.2) is 12.6 Å². The van der Waals surface area contributed by atoms with Gasteiger partial charge in [-0.05, 0) is 60.7 Å². The Bertz CT molecular complexity index is 1200. The number of rotatable bonds is 5. The lowest BCUT2D eigenvalue weighted by Crippen LogP contribution is -2.34. The van der Waals surface area contributed by atoms with Crippen molar-refractivity contribution >= 4 is 34.8 Å². The van der Waals surface area contributed by atoms with Crippen molar-refractivity contribution < 1.29 is 18.0 Å². The zero-order chi connectivity index (χ0) is 23.5. The molecule has 1 amide bonds. The Morgan fingerprint density at radius 2 is 1.18 bits per heavy atom. The Morgan fingerprint density at radius 3 is 1.70 bits per heavy atom. The second-order valence-electron chi connectivity index (χ2n) is 7.72. The van der Waals surface area contributed by atoms with Gasteiger partial charge >= 0.3 is 6.18 Å². The van der Waals surface area contributed by atoms with Gasteiger partial charge in [0.25, 0.3) is 5.91 Å². The van der Waals surface area contributed by atoms with Crippen molar-refractivity contribution in [3.63, 3.8) is 0 Å². The van der Waals surface area contributed by atoms with Gasteiger partial charge in [-0.1, -0.05) is 48.5 Å². The first-order valence-electron chi connectivity index (χ1n) is 10.4. The van der Waals surface area contributed by atoms with Gasteiger partial charge in [0, 0.05) is 5.69 Å². The summed E-state index contributed by atoms with van der Waals surface area (Å²) in [5.41, 5.74) is 0.0516. The minimum atomic E-state index is -4.42. The Balaban J connectivity index is 1.76. The van der Waals surface area contributed by atoms with Gasteiger partial charge < -0.3 is 5.32 Å². The van der Waals surface area contributed by atoms with E-state index in [0.717, 1.165) is 28.0 Å². The quantitative estimate of drug-likeness (QED) is 0.367. The molecule has 6 heteroatoms. The fourth-order valence-corrected chi connectivity index (χ4v) is 7.31. The van der Waals surface area contributed by atoms with E-state index in [9.17, 15) is 18.0 Å². The molecule has 166 valence electrons. The maximum absolute atomic E-state index is 13.3. The van der Waals surface area contributed by atoms with Crippen molar-refractivity contribution in [1.82, 2.24) is 0 Å². The summed E-state index contributed by atoms with van der Waals surface area (Å²) >= 11 is 0. The fourth-order valence-electron chi connectivity index (χ4n) is 3.88. The Hall–Kier alpha value is -3.43. The first-order valence-corrected chi connectivity index (χ1v) is 12.6. The molecule has 0 aliphatic heterocycles. The van der Waals surface area contributed by atoms with Crippen LogP contribution in [0.5, 0.6) is 0 Å². The van der Waals surface area contributed by atoms with Gasteiger partial charge in [0.15, 0.2) is 0 Å². The van der Waals surface area contributed by atoms with Crippen molar-refractivity contribution in [2.45, 2.75) is 6.18 Å². The second-order valence-corrected chi connectivity index (χ2v) is 11.3. The summed E-state index contributed by atoms with van der Waals surface area (Å²) < 4.78 is 38.6. The first-order chi connectivity index (χ1) is 15.8. The number of anilines is 1. The minimum Gasteiger partial charge on any atom is -0.322 e. The van der Waals surface area contributed by atoms with Gasteiger partial charge in [0.2, 0.25) is 0 Å². The molecular formula is C27H22F3NOP+. The molecule has 0 bridgehead atoms. The Morgan fingerprint density at radius 1 is 0.697 bits per heavy atom. The zero-order valence-electron chi connectivity index (χ0n) is 17.9. The summed E-state index contributed by atoms with van der Waals surface area (Å²) in [5, 5.41) is 5.93. The maximum Gasteiger partial charge on any atom is 0.416 e. The van der Waals surface area contributed by atoms with E-state index in [1.807, 2.05) is 48.5 Å². The van der Waals surface area contributed by atoms with Crippen LogP contribution in [0.1, 0.15) is 15.9 Å². The van der Waals surface area contributed by atoms with E-state index in [0.29, 0.717) is 11.3 Å². The molecular weight excluding hydrogens is 442 g/mol. The van der Waals surface area contributed by atoms with Gasteiger partial charge in [0.1, 0.15) is 23.2 Å². The molecule has 0 saturated carbocycles. The van der Waals surface area contributed by atoms with E-state index in [2.05, 4.69) is 36.2 Å². The molecule has 0 heterocycles. The molecule has 4 rings (SSSR count). The van der Waals surface area contributed by atoms with E-state index >= 15 is 0 Å². The average Bonchev–Trinajstić information content (AvgIpc) is 2.84. The summed E-state index contributed by atoms with van der Waals surface area (Å²) in [6, 6.07) is 32.1. The third-order valence-electron chi connectivity index (χ3n) is 5.65. The average molecular weight is 464 g/mol. The number of halogens is 3. The highest BCUT2D eigenvalue weighted by Gasteiger charge is 2.42. The van der Waals surface area contributed by atoms with Crippen LogP contribution in [0.3, 0.4) is 0 Å². The normalized spacial score (nSPS) is 11.8. The van der Waals surface area contributed by atoms with Crippen LogP contribution >= 0.6 is 7.26 Å². The molecule has 0 radical (unpaired) electrons. The third-order valence-corrected chi connectivity index (χ3v) is 9.66. The second kappa shape index (κ2) is 9.21. The molecule has 0 unspecified atom stereocenters. The largest absolute Gasteiger partial charge is 0.416 e. The topological polar surface area (TPSA) is 29.1 Å². The molecule has 0 aromatic heterocycles. The number of alkyl halides is 3. The number of nitrogens with one attached hydrogen (secondary N) is 1. The monoisotopic (exact) mass is 464 g/mol. The van der Waals surface area contributed by atoms with Crippen LogP contribution in [0, 0.1) is 0 Å². The number of carbonyl (C=O) groups is 1. The highest BCUT2D eigenvalue weighted by Crippen LogP contribution is 2.52. The van der Waals surface area contributed by atoms with Crippen LogP contribution in [0.4, 0.5) is 18.9 Å². The molecule has 1 N–H and O–H groups in total. The summed E-state index contributed by atoms with van der Waals surface area (Å²) in [4.78, 5) is 13.3. The summed E-state index contributed by atoms with van der Waals surface area (Å²) in [7, 11) is -2.16. The molecule has 0 spiro atoms. The predicted molar refractivity (Wildman–Crippen MR) is 130 cm³/mol. The minimum absolute atomic E-state index is 0.308. The summed E-state index contributed by atoms with van der Waals surface area (Å²) in [6.45, 7) is 2.18. The Labute approximate surface area is 191 Å². The van der Waals surface area contributed by atoms with E-state index in [1.54, 1.807) is 12.1 Å². The maximum atomic E-state index is 13.3. The van der Waals surface area contributed by atoms with Gasteiger partial charge in [-0.2, -0.15) is 13.2 Å². The number of carbonyl (C=O) groups excluding carboxylic acids is 1. The highest BCUT2D eigenvalue weighted by atomic mass is 31.2. The van der Waals surface area contributed by atoms with E-state index in [1.165, 1.54) is 12.1 Å². The van der Waals surface area contributed by atoms with E-state index in [4.69, 9.17) is 0 Å². The van der Waals surface area contributed by atoms with Crippen LogP contribution in [-0.2, 0) is 6.18 Å². The lowest BCUT2D eigenvalue weighted by Gasteiger charge is -2.25. The van der Waals surface area contributed by atoms with Crippen molar-refractivity contribution in [2.75, 3.05) is 12.0 Å². The Kier molecular flexibility index (Phi) is 6.35. The smallest absolute Gasteiger partial charge is 0.322 e.